The van der Waals surface area contributed by atoms with Crippen LogP contribution in [0.15, 0.2) is 55.3 Å². The molecule has 0 N–H and O–H groups in total. The van der Waals surface area contributed by atoms with Crippen LogP contribution in [0.5, 0.6) is 0 Å². The van der Waals surface area contributed by atoms with E-state index < -0.39 is 34.5 Å². The van der Waals surface area contributed by atoms with E-state index >= 15 is 0 Å². The van der Waals surface area contributed by atoms with Crippen molar-refractivity contribution in [2.24, 2.45) is 0 Å². The molecule has 0 aliphatic heterocycles. The monoisotopic (exact) mass is 463 g/mol. The topological polar surface area (TPSA) is 47.8 Å². The van der Waals surface area contributed by atoms with Crippen LogP contribution in [-0.4, -0.2) is 22.8 Å². The van der Waals surface area contributed by atoms with Gasteiger partial charge in [-0.15, -0.1) is 6.58 Å². The predicted octanol–water partition coefficient (Wildman–Crippen LogP) is 6.48. The number of ether oxygens (including phenoxy) is 1. The molecule has 168 valence electrons. The number of fused-ring (bicyclic) bond motifs is 1. The van der Waals surface area contributed by atoms with Gasteiger partial charge in [-0.25, -0.2) is 4.79 Å². The molecule has 0 bridgehead atoms. The summed E-state index contributed by atoms with van der Waals surface area (Å²) in [6.45, 7) is 9.34. The summed E-state index contributed by atoms with van der Waals surface area (Å²) >= 11 is 6.04. The summed E-state index contributed by atoms with van der Waals surface area (Å²) < 4.78 is 47.3. The Hall–Kier alpha value is -3.06. The highest BCUT2D eigenvalue weighted by atomic mass is 35.5. The average Bonchev–Trinajstić information content (AvgIpc) is 3.11. The number of carbonyl (C=O) groups excluding carboxylic acids is 2. The zero-order valence-corrected chi connectivity index (χ0v) is 18.5. The fourth-order valence-corrected chi connectivity index (χ4v) is 3.63. The van der Waals surface area contributed by atoms with Crippen LogP contribution in [0.3, 0.4) is 0 Å². The van der Waals surface area contributed by atoms with Crippen molar-refractivity contribution in [3.05, 3.63) is 88.2 Å². The van der Waals surface area contributed by atoms with Gasteiger partial charge in [0.2, 0.25) is 5.78 Å². The minimum atomic E-state index is -4.79. The molecule has 1 aromatic carbocycles. The van der Waals surface area contributed by atoms with Crippen molar-refractivity contribution in [2.45, 2.75) is 32.4 Å². The van der Waals surface area contributed by atoms with E-state index in [1.807, 2.05) is 13.8 Å². The van der Waals surface area contributed by atoms with Gasteiger partial charge in [0, 0.05) is 11.6 Å². The number of hydrogen-bond donors (Lipinski definition) is 0. The van der Waals surface area contributed by atoms with Gasteiger partial charge in [0.15, 0.2) is 0 Å². The number of pyridine rings is 1. The third-order valence-electron chi connectivity index (χ3n) is 5.29. The highest BCUT2D eigenvalue weighted by Crippen LogP contribution is 2.37. The number of aromatic nitrogens is 1. The lowest BCUT2D eigenvalue weighted by Crippen LogP contribution is -2.17. The molecule has 8 heteroatoms. The minimum Gasteiger partial charge on any atom is -0.462 e. The fraction of sp³-hybridized carbons (Fsp3) is 0.250. The molecule has 0 spiro atoms. The molecular weight excluding hydrogens is 443 g/mol. The molecule has 3 rings (SSSR count). The van der Waals surface area contributed by atoms with Gasteiger partial charge >= 0.3 is 12.1 Å². The third-order valence-corrected chi connectivity index (χ3v) is 5.61. The largest absolute Gasteiger partial charge is 0.462 e. The number of alkyl halides is 3. The van der Waals surface area contributed by atoms with Gasteiger partial charge in [0.25, 0.3) is 0 Å². The summed E-state index contributed by atoms with van der Waals surface area (Å²) in [7, 11) is 0. The normalized spacial score (nSPS) is 12.1. The van der Waals surface area contributed by atoms with E-state index in [1.165, 1.54) is 16.5 Å². The third kappa shape index (κ3) is 4.17. The number of rotatable bonds is 6. The van der Waals surface area contributed by atoms with Crippen molar-refractivity contribution in [1.29, 1.82) is 0 Å². The van der Waals surface area contributed by atoms with Gasteiger partial charge in [-0.2, -0.15) is 13.2 Å². The van der Waals surface area contributed by atoms with Crippen molar-refractivity contribution in [3.63, 3.8) is 0 Å². The second-order valence-corrected chi connectivity index (χ2v) is 8.16. The molecule has 0 saturated carbocycles. The number of benzene rings is 1. The Balaban J connectivity index is 2.33. The number of ketones is 1. The predicted molar refractivity (Wildman–Crippen MR) is 116 cm³/mol. The molecule has 0 fully saturated rings. The zero-order chi connectivity index (χ0) is 23.8. The molecule has 0 unspecified atom stereocenters. The quantitative estimate of drug-likeness (QED) is 0.239. The molecule has 0 aliphatic rings. The molecule has 0 saturated heterocycles. The molecule has 32 heavy (non-hydrogen) atoms. The minimum absolute atomic E-state index is 0.0683. The Morgan fingerprint density at radius 2 is 1.88 bits per heavy atom. The van der Waals surface area contributed by atoms with Crippen LogP contribution in [-0.2, 0) is 16.3 Å². The fourth-order valence-electron chi connectivity index (χ4n) is 3.37. The molecule has 4 nitrogen and oxygen atoms in total. The Kier molecular flexibility index (Phi) is 6.24. The van der Waals surface area contributed by atoms with Crippen LogP contribution >= 0.6 is 11.6 Å². The number of halogens is 4. The number of hydrogen-bond acceptors (Lipinski definition) is 3. The van der Waals surface area contributed by atoms with Crippen molar-refractivity contribution in [1.82, 2.24) is 4.40 Å². The van der Waals surface area contributed by atoms with Crippen LogP contribution in [0, 0.1) is 0 Å². The molecule has 2 heterocycles. The van der Waals surface area contributed by atoms with E-state index in [0.29, 0.717) is 5.52 Å². The Morgan fingerprint density at radius 3 is 2.47 bits per heavy atom. The van der Waals surface area contributed by atoms with Crippen molar-refractivity contribution in [3.8, 4) is 0 Å². The maximum atomic E-state index is 13.6. The van der Waals surface area contributed by atoms with Crippen LogP contribution < -0.4 is 0 Å². The first-order valence-electron chi connectivity index (χ1n) is 9.79. The molecule has 3 aromatic rings. The summed E-state index contributed by atoms with van der Waals surface area (Å²) in [5.41, 5.74) is -1.31. The highest BCUT2D eigenvalue weighted by Gasteiger charge is 2.37. The van der Waals surface area contributed by atoms with Gasteiger partial charge < -0.3 is 9.14 Å². The Bertz CT molecular complexity index is 1230. The lowest BCUT2D eigenvalue weighted by molar-refractivity contribution is -0.137. The number of nitrogens with zero attached hydrogens (tertiary/aromatic N) is 1. The molecule has 2 aromatic heterocycles. The number of carbonyl (C=O) groups is 2. The Morgan fingerprint density at radius 1 is 1.19 bits per heavy atom. The molecule has 0 atom stereocenters. The molecule has 0 aliphatic carbocycles. The van der Waals surface area contributed by atoms with Crippen LogP contribution in [0.4, 0.5) is 13.2 Å². The smallest absolute Gasteiger partial charge is 0.417 e. The van der Waals surface area contributed by atoms with Gasteiger partial charge in [0.1, 0.15) is 0 Å². The standard InChI is InChI=1S/C24H21ClF3NO3/c1-5-23(3,4)14-10-11-18-15(22(31)32-6-2)12-19(29(18)13-14)21(30)20-16(24(26,27)28)8-7-9-17(20)25/h5,7-13H,1,6H2,2-4H3. The first kappa shape index (κ1) is 23.6. The van der Waals surface area contributed by atoms with E-state index in [2.05, 4.69) is 6.58 Å². The van der Waals surface area contributed by atoms with E-state index in [-0.39, 0.29) is 22.9 Å². The molecule has 0 radical (unpaired) electrons. The molecule has 0 amide bonds. The van der Waals surface area contributed by atoms with E-state index in [0.717, 1.165) is 17.7 Å². The van der Waals surface area contributed by atoms with E-state index in [4.69, 9.17) is 16.3 Å². The summed E-state index contributed by atoms with van der Waals surface area (Å²) in [4.78, 5) is 25.9. The maximum Gasteiger partial charge on any atom is 0.417 e. The summed E-state index contributed by atoms with van der Waals surface area (Å²) in [6.07, 6.45) is -1.47. The van der Waals surface area contributed by atoms with Crippen LogP contribution in [0.2, 0.25) is 5.02 Å². The van der Waals surface area contributed by atoms with E-state index in [1.54, 1.807) is 31.3 Å². The highest BCUT2D eigenvalue weighted by molar-refractivity contribution is 6.35. The summed E-state index contributed by atoms with van der Waals surface area (Å²) in [5.74, 6) is -1.64. The van der Waals surface area contributed by atoms with Crippen LogP contribution in [0.1, 0.15) is 58.3 Å². The van der Waals surface area contributed by atoms with E-state index in [9.17, 15) is 22.8 Å². The van der Waals surface area contributed by atoms with Gasteiger partial charge in [-0.05, 0) is 36.8 Å². The Labute approximate surface area is 188 Å². The van der Waals surface area contributed by atoms with Gasteiger partial charge in [-0.3, -0.25) is 4.79 Å². The van der Waals surface area contributed by atoms with Crippen molar-refractivity contribution in [2.75, 3.05) is 6.61 Å². The molecular formula is C24H21ClF3NO3. The lowest BCUT2D eigenvalue weighted by atomic mass is 9.86. The van der Waals surface area contributed by atoms with Crippen LogP contribution in [0.25, 0.3) is 5.52 Å². The second kappa shape index (κ2) is 8.47. The number of allylic oxidation sites excluding steroid dienone is 1. The first-order valence-corrected chi connectivity index (χ1v) is 10.2. The maximum absolute atomic E-state index is 13.6. The summed E-state index contributed by atoms with van der Waals surface area (Å²) in [5, 5.41) is -0.333. The number of esters is 1. The van der Waals surface area contributed by atoms with Gasteiger partial charge in [-0.1, -0.05) is 43.7 Å². The second-order valence-electron chi connectivity index (χ2n) is 7.75. The SMILES string of the molecule is C=CC(C)(C)c1ccc2c(C(=O)OCC)cc(C(=O)c3c(Cl)cccc3C(F)(F)F)n2c1. The first-order chi connectivity index (χ1) is 14.9. The zero-order valence-electron chi connectivity index (χ0n) is 17.7. The van der Waals surface area contributed by atoms with Gasteiger partial charge in [0.05, 0.1) is 39.5 Å². The average molecular weight is 464 g/mol. The lowest BCUT2D eigenvalue weighted by Gasteiger charge is -2.21. The van der Waals surface area contributed by atoms with Crippen molar-refractivity contribution < 1.29 is 27.5 Å². The summed E-state index contributed by atoms with van der Waals surface area (Å²) in [6, 6.07) is 7.79. The van der Waals surface area contributed by atoms with Crippen molar-refractivity contribution >= 4 is 28.9 Å².